The molecule has 0 heterocycles. The molecule has 2 fully saturated rings. The first-order valence-electron chi connectivity index (χ1n) is 14.4. The fourth-order valence-electron chi connectivity index (χ4n) is 7.22. The SMILES string of the molecule is CN(C)CC(=O)NCc1ccc(-c2ccc(O)c3c2C[C@@H]2C[C@@H]4[C@@H](N(C)C)C(O)C(C(N)=O)C(=O)[C@]4(O)C(=O)C2=C3O)cc1. The van der Waals surface area contributed by atoms with Gasteiger partial charge in [0.1, 0.15) is 17.4 Å². The van der Waals surface area contributed by atoms with E-state index in [1.54, 1.807) is 30.0 Å². The van der Waals surface area contributed by atoms with E-state index in [1.165, 1.54) is 6.07 Å². The van der Waals surface area contributed by atoms with Crippen molar-refractivity contribution in [2.75, 3.05) is 34.7 Å². The van der Waals surface area contributed by atoms with Crippen LogP contribution in [0.3, 0.4) is 0 Å². The van der Waals surface area contributed by atoms with Gasteiger partial charge in [-0.3, -0.25) is 19.2 Å². The second-order valence-electron chi connectivity index (χ2n) is 12.5. The van der Waals surface area contributed by atoms with Crippen LogP contribution in [-0.2, 0) is 32.1 Å². The van der Waals surface area contributed by atoms with Crippen molar-refractivity contribution >= 4 is 29.1 Å². The van der Waals surface area contributed by atoms with Crippen LogP contribution >= 0.6 is 0 Å². The molecule has 5 rings (SSSR count). The summed E-state index contributed by atoms with van der Waals surface area (Å²) in [6.45, 7) is 0.614. The summed E-state index contributed by atoms with van der Waals surface area (Å²) >= 11 is 0. The molecule has 7 N–H and O–H groups in total. The number of nitrogens with zero attached hydrogens (tertiary/aromatic N) is 2. The number of amides is 2. The number of ketones is 2. The van der Waals surface area contributed by atoms with E-state index in [2.05, 4.69) is 5.32 Å². The number of aliphatic hydroxyl groups is 3. The number of aromatic hydroxyl groups is 1. The Kier molecular flexibility index (Phi) is 8.14. The Morgan fingerprint density at radius 1 is 1.05 bits per heavy atom. The first-order valence-corrected chi connectivity index (χ1v) is 14.4. The third-order valence-electron chi connectivity index (χ3n) is 9.19. The van der Waals surface area contributed by atoms with Gasteiger partial charge in [0.25, 0.3) is 0 Å². The number of phenolic OH excluding ortho intramolecular Hbond substituents is 1. The van der Waals surface area contributed by atoms with Crippen LogP contribution in [0.5, 0.6) is 5.75 Å². The van der Waals surface area contributed by atoms with Crippen LogP contribution in [0.15, 0.2) is 42.0 Å². The van der Waals surface area contributed by atoms with Gasteiger partial charge in [0.05, 0.1) is 18.2 Å². The van der Waals surface area contributed by atoms with Crippen molar-refractivity contribution in [1.29, 1.82) is 0 Å². The monoisotopic (exact) mass is 606 g/mol. The number of nitrogens with two attached hydrogens (primary N) is 1. The van der Waals surface area contributed by atoms with Gasteiger partial charge in [-0.1, -0.05) is 30.3 Å². The van der Waals surface area contributed by atoms with Crippen LogP contribution in [0.25, 0.3) is 16.9 Å². The van der Waals surface area contributed by atoms with Gasteiger partial charge in [0.2, 0.25) is 17.6 Å². The minimum atomic E-state index is -2.70. The average Bonchev–Trinajstić information content (AvgIpc) is 2.93. The van der Waals surface area contributed by atoms with Crippen LogP contribution in [0.1, 0.15) is 23.1 Å². The van der Waals surface area contributed by atoms with Gasteiger partial charge < -0.3 is 41.3 Å². The third kappa shape index (κ3) is 4.97. The summed E-state index contributed by atoms with van der Waals surface area (Å²) < 4.78 is 0. The van der Waals surface area contributed by atoms with Gasteiger partial charge in [0.15, 0.2) is 11.4 Å². The number of carbonyl (C=O) groups excluding carboxylic acids is 4. The van der Waals surface area contributed by atoms with Crippen LogP contribution in [0.2, 0.25) is 0 Å². The lowest BCUT2D eigenvalue weighted by molar-refractivity contribution is -0.184. The lowest BCUT2D eigenvalue weighted by Gasteiger charge is -2.53. The Morgan fingerprint density at radius 3 is 2.30 bits per heavy atom. The minimum Gasteiger partial charge on any atom is -0.507 e. The zero-order chi connectivity index (χ0) is 32.2. The molecule has 0 radical (unpaired) electrons. The molecule has 2 saturated carbocycles. The number of benzene rings is 2. The summed E-state index contributed by atoms with van der Waals surface area (Å²) in [6.07, 6.45) is -1.31. The average molecular weight is 607 g/mol. The van der Waals surface area contributed by atoms with E-state index in [9.17, 15) is 39.6 Å². The topological polar surface area (TPSA) is 194 Å². The van der Waals surface area contributed by atoms with Gasteiger partial charge in [-0.25, -0.2) is 0 Å². The van der Waals surface area contributed by atoms with Gasteiger partial charge >= 0.3 is 0 Å². The summed E-state index contributed by atoms with van der Waals surface area (Å²) in [6, 6.07) is 9.62. The highest BCUT2D eigenvalue weighted by molar-refractivity contribution is 6.25. The molecule has 234 valence electrons. The highest BCUT2D eigenvalue weighted by atomic mass is 16.3. The second-order valence-corrected chi connectivity index (χ2v) is 12.5. The fraction of sp³-hybridized carbons (Fsp3) is 0.438. The van der Waals surface area contributed by atoms with Crippen molar-refractivity contribution in [2.24, 2.45) is 23.5 Å². The summed E-state index contributed by atoms with van der Waals surface area (Å²) in [7, 11) is 6.84. The van der Waals surface area contributed by atoms with E-state index >= 15 is 0 Å². The largest absolute Gasteiger partial charge is 0.507 e. The maximum Gasteiger partial charge on any atom is 0.234 e. The molecule has 6 atom stereocenters. The number of rotatable bonds is 7. The molecule has 3 aliphatic rings. The van der Waals surface area contributed by atoms with Crippen molar-refractivity contribution in [3.63, 3.8) is 0 Å². The molecule has 2 amide bonds. The fourth-order valence-corrected chi connectivity index (χ4v) is 7.22. The minimum absolute atomic E-state index is 0.0306. The lowest BCUT2D eigenvalue weighted by Crippen LogP contribution is -2.73. The standard InChI is InChI=1S/C32H38N4O8/c1-35(2)14-22(38)34-13-15-5-7-16(8-6-15)18-9-10-21(37)24-19(18)11-17-12-20-26(36(3)4)28(40)25(31(33)43)30(42)32(20,44)29(41)23(17)27(24)39/h5-10,17,20,25-26,28,37,39-40,44H,11-14H2,1-4H3,(H2,33,43)(H,34,38)/t17-,20-,25?,26-,28?,32-/m1/s1. The maximum atomic E-state index is 14.0. The van der Waals surface area contributed by atoms with E-state index in [4.69, 9.17) is 5.73 Å². The van der Waals surface area contributed by atoms with E-state index < -0.39 is 58.7 Å². The van der Waals surface area contributed by atoms with Gasteiger partial charge in [-0.15, -0.1) is 0 Å². The molecular weight excluding hydrogens is 568 g/mol. The molecule has 2 aromatic carbocycles. The molecule has 0 bridgehead atoms. The molecule has 0 saturated heterocycles. The van der Waals surface area contributed by atoms with Crippen LogP contribution in [-0.4, -0.2) is 106 Å². The normalized spacial score (nSPS) is 28.0. The molecule has 3 aliphatic carbocycles. The number of hydrogen-bond donors (Lipinski definition) is 6. The highest BCUT2D eigenvalue weighted by Gasteiger charge is 2.67. The van der Waals surface area contributed by atoms with Gasteiger partial charge in [-0.2, -0.15) is 0 Å². The lowest BCUT2D eigenvalue weighted by atomic mass is 9.54. The van der Waals surface area contributed by atoms with Gasteiger partial charge in [0, 0.05) is 24.1 Å². The van der Waals surface area contributed by atoms with Crippen LogP contribution in [0.4, 0.5) is 0 Å². The van der Waals surface area contributed by atoms with Gasteiger partial charge in [-0.05, 0) is 75.3 Å². The molecule has 44 heavy (non-hydrogen) atoms. The zero-order valence-electron chi connectivity index (χ0n) is 25.1. The molecule has 12 nitrogen and oxygen atoms in total. The Labute approximate surface area is 254 Å². The predicted octanol–water partition coefficient (Wildman–Crippen LogP) is -0.0262. The molecule has 0 aromatic heterocycles. The third-order valence-corrected chi connectivity index (χ3v) is 9.19. The number of hydrogen-bond acceptors (Lipinski definition) is 10. The van der Waals surface area contributed by atoms with Crippen molar-refractivity contribution in [2.45, 2.75) is 37.1 Å². The maximum absolute atomic E-state index is 14.0. The summed E-state index contributed by atoms with van der Waals surface area (Å²) in [5.74, 6) is -7.88. The number of carbonyl (C=O) groups is 4. The number of nitrogens with one attached hydrogen (secondary N) is 1. The van der Waals surface area contributed by atoms with Crippen molar-refractivity contribution in [3.05, 3.63) is 58.7 Å². The van der Waals surface area contributed by atoms with E-state index in [-0.39, 0.29) is 42.2 Å². The smallest absolute Gasteiger partial charge is 0.234 e. The first kappa shape index (κ1) is 31.3. The summed E-state index contributed by atoms with van der Waals surface area (Å²) in [5.41, 5.74) is 5.51. The van der Waals surface area contributed by atoms with E-state index in [0.29, 0.717) is 17.7 Å². The summed E-state index contributed by atoms with van der Waals surface area (Å²) in [5, 5.41) is 48.0. The Morgan fingerprint density at radius 2 is 1.70 bits per heavy atom. The quantitative estimate of drug-likeness (QED) is 0.233. The number of phenols is 1. The van der Waals surface area contributed by atoms with Crippen molar-refractivity contribution in [1.82, 2.24) is 15.1 Å². The molecule has 2 unspecified atom stereocenters. The molecule has 12 heteroatoms. The number of aliphatic hydroxyl groups excluding tert-OH is 2. The van der Waals surface area contributed by atoms with E-state index in [1.807, 2.05) is 38.4 Å². The summed E-state index contributed by atoms with van der Waals surface area (Å²) in [4.78, 5) is 55.0. The van der Waals surface area contributed by atoms with Crippen molar-refractivity contribution in [3.8, 4) is 16.9 Å². The number of primary amides is 1. The number of Topliss-reactive ketones (excluding diaryl/α,β-unsaturated/α-hetero) is 2. The van der Waals surface area contributed by atoms with Crippen LogP contribution in [0, 0.1) is 17.8 Å². The first-order chi connectivity index (χ1) is 20.7. The Balaban J connectivity index is 1.54. The second kappa shape index (κ2) is 11.4. The molecular formula is C32H38N4O8. The Hall–Kier alpha value is -4.10. The van der Waals surface area contributed by atoms with E-state index in [0.717, 1.165) is 11.1 Å². The Bertz CT molecular complexity index is 1570. The molecule has 2 aromatic rings. The van der Waals surface area contributed by atoms with Crippen molar-refractivity contribution < 1.29 is 39.6 Å². The zero-order valence-corrected chi connectivity index (χ0v) is 25.1. The number of fused-ring (bicyclic) bond motifs is 3. The molecule has 0 spiro atoms. The molecule has 0 aliphatic heterocycles. The number of likely N-dealkylation sites (N-methyl/N-ethyl adjacent to an activating group) is 2. The van der Waals surface area contributed by atoms with Crippen LogP contribution < -0.4 is 11.1 Å². The predicted molar refractivity (Wildman–Crippen MR) is 160 cm³/mol. The highest BCUT2D eigenvalue weighted by Crippen LogP contribution is 2.53.